The summed E-state index contributed by atoms with van der Waals surface area (Å²) in [6.45, 7) is 3.56. The maximum absolute atomic E-state index is 13.0. The summed E-state index contributed by atoms with van der Waals surface area (Å²) >= 11 is 0. The minimum Gasteiger partial charge on any atom is -0.381 e. The lowest BCUT2D eigenvalue weighted by atomic mass is 10.0. The minimum absolute atomic E-state index is 0.0185. The van der Waals surface area contributed by atoms with Gasteiger partial charge in [0.1, 0.15) is 0 Å². The molecule has 0 unspecified atom stereocenters. The summed E-state index contributed by atoms with van der Waals surface area (Å²) in [5.41, 5.74) is 0.624. The first-order chi connectivity index (χ1) is 13.8. The second-order valence-electron chi connectivity index (χ2n) is 7.24. The molecule has 6 nitrogen and oxygen atoms in total. The Labute approximate surface area is 173 Å². The summed E-state index contributed by atoms with van der Waals surface area (Å²) < 4.78 is 60.0. The van der Waals surface area contributed by atoms with Crippen molar-refractivity contribution >= 4 is 19.9 Å². The van der Waals surface area contributed by atoms with Crippen LogP contribution in [0.15, 0.2) is 63.2 Å². The van der Waals surface area contributed by atoms with Crippen LogP contribution in [0.2, 0.25) is 0 Å². The molecule has 0 spiro atoms. The van der Waals surface area contributed by atoms with Gasteiger partial charge in [-0.05, 0) is 55.0 Å². The Hall–Kier alpha value is -1.74. The normalized spacial score (nSPS) is 16.0. The van der Waals surface area contributed by atoms with Gasteiger partial charge >= 0.3 is 0 Å². The molecule has 0 atom stereocenters. The predicted molar refractivity (Wildman–Crippen MR) is 111 cm³/mol. The molecule has 3 rings (SSSR count). The topological polar surface area (TPSA) is 89.5 Å². The van der Waals surface area contributed by atoms with Crippen LogP contribution < -0.4 is 4.72 Å². The third kappa shape index (κ3) is 5.25. The van der Waals surface area contributed by atoms with Crippen molar-refractivity contribution in [3.05, 3.63) is 54.1 Å². The van der Waals surface area contributed by atoms with Gasteiger partial charge in [0.2, 0.25) is 19.9 Å². The fraction of sp³-hybridized carbons (Fsp3) is 0.429. The van der Waals surface area contributed by atoms with Crippen LogP contribution in [0.3, 0.4) is 0 Å². The van der Waals surface area contributed by atoms with E-state index in [1.54, 1.807) is 24.3 Å². The molecular weight excluding hydrogens is 410 g/mol. The molecule has 0 amide bonds. The van der Waals surface area contributed by atoms with Crippen molar-refractivity contribution in [1.82, 2.24) is 4.72 Å². The van der Waals surface area contributed by atoms with Gasteiger partial charge in [-0.1, -0.05) is 37.6 Å². The number of nitrogens with one attached hydrogen (secondary N) is 1. The molecule has 158 valence electrons. The summed E-state index contributed by atoms with van der Waals surface area (Å²) in [4.78, 5) is 0.167. The monoisotopic (exact) mass is 437 g/mol. The molecule has 29 heavy (non-hydrogen) atoms. The second-order valence-corrected chi connectivity index (χ2v) is 10.9. The minimum atomic E-state index is -3.83. The first-order valence-corrected chi connectivity index (χ1v) is 12.8. The van der Waals surface area contributed by atoms with Crippen LogP contribution in [0.1, 0.15) is 31.7 Å². The second kappa shape index (κ2) is 9.38. The molecule has 1 heterocycles. The van der Waals surface area contributed by atoms with Crippen LogP contribution in [0, 0.1) is 5.92 Å². The summed E-state index contributed by atoms with van der Waals surface area (Å²) in [7, 11) is -7.63. The highest BCUT2D eigenvalue weighted by atomic mass is 32.2. The zero-order valence-corrected chi connectivity index (χ0v) is 18.1. The molecule has 8 heteroatoms. The average Bonchev–Trinajstić information content (AvgIpc) is 2.74. The predicted octanol–water partition coefficient (Wildman–Crippen LogP) is 3.18. The average molecular weight is 438 g/mol. The lowest BCUT2D eigenvalue weighted by Crippen LogP contribution is -2.32. The van der Waals surface area contributed by atoms with Crippen molar-refractivity contribution in [2.75, 3.05) is 19.8 Å². The molecule has 1 N–H and O–H groups in total. The lowest BCUT2D eigenvalue weighted by molar-refractivity contribution is 0.0678. The van der Waals surface area contributed by atoms with Gasteiger partial charge in [0.25, 0.3) is 0 Å². The van der Waals surface area contributed by atoms with Gasteiger partial charge in [0.15, 0.2) is 0 Å². The van der Waals surface area contributed by atoms with Crippen LogP contribution >= 0.6 is 0 Å². The third-order valence-corrected chi connectivity index (χ3v) is 8.39. The number of hydrogen-bond acceptors (Lipinski definition) is 5. The van der Waals surface area contributed by atoms with Crippen LogP contribution in [0.25, 0.3) is 0 Å². The molecule has 1 aliphatic heterocycles. The number of aryl methyl sites for hydroxylation is 1. The van der Waals surface area contributed by atoms with Crippen LogP contribution in [0.5, 0.6) is 0 Å². The van der Waals surface area contributed by atoms with Crippen molar-refractivity contribution in [1.29, 1.82) is 0 Å². The van der Waals surface area contributed by atoms with E-state index >= 15 is 0 Å². The van der Waals surface area contributed by atoms with Crippen molar-refractivity contribution in [2.24, 2.45) is 5.92 Å². The molecule has 0 bridgehead atoms. The fourth-order valence-corrected chi connectivity index (χ4v) is 6.21. The summed E-state index contributed by atoms with van der Waals surface area (Å²) in [6, 6.07) is 12.4. The quantitative estimate of drug-likeness (QED) is 0.685. The molecule has 1 aliphatic rings. The van der Waals surface area contributed by atoms with E-state index in [4.69, 9.17) is 4.74 Å². The van der Waals surface area contributed by atoms with E-state index in [1.165, 1.54) is 24.3 Å². The Morgan fingerprint density at radius 3 is 2.31 bits per heavy atom. The van der Waals surface area contributed by atoms with Gasteiger partial charge in [-0.25, -0.2) is 21.6 Å². The number of benzene rings is 2. The van der Waals surface area contributed by atoms with E-state index in [9.17, 15) is 16.8 Å². The first kappa shape index (κ1) is 22.0. The number of hydrogen-bond donors (Lipinski definition) is 1. The summed E-state index contributed by atoms with van der Waals surface area (Å²) in [5, 5.41) is 0. The highest BCUT2D eigenvalue weighted by molar-refractivity contribution is 7.91. The zero-order chi connectivity index (χ0) is 20.9. The standard InChI is InChI=1S/C21H27NO5S2/c1-2-6-18-9-10-20(28(23,24)19-7-4-3-5-8-19)15-21(18)29(25,26)22-16-17-11-13-27-14-12-17/h3-5,7-10,15,17,22H,2,6,11-14,16H2,1H3. The van der Waals surface area contributed by atoms with Gasteiger partial charge in [0.05, 0.1) is 14.7 Å². The van der Waals surface area contributed by atoms with E-state index in [2.05, 4.69) is 4.72 Å². The van der Waals surface area contributed by atoms with Gasteiger partial charge in [-0.2, -0.15) is 0 Å². The van der Waals surface area contributed by atoms with Crippen molar-refractivity contribution in [2.45, 2.75) is 47.3 Å². The Morgan fingerprint density at radius 2 is 1.66 bits per heavy atom. The van der Waals surface area contributed by atoms with Crippen LogP contribution in [0.4, 0.5) is 0 Å². The highest BCUT2D eigenvalue weighted by Crippen LogP contribution is 2.27. The van der Waals surface area contributed by atoms with Gasteiger partial charge < -0.3 is 4.74 Å². The fourth-order valence-electron chi connectivity index (χ4n) is 3.42. The SMILES string of the molecule is CCCc1ccc(S(=O)(=O)c2ccccc2)cc1S(=O)(=O)NCC1CCOCC1. The number of rotatable bonds is 8. The van der Waals surface area contributed by atoms with Crippen LogP contribution in [-0.2, 0) is 31.0 Å². The molecule has 0 saturated carbocycles. The molecule has 1 fully saturated rings. The van der Waals surface area contributed by atoms with Crippen molar-refractivity contribution in [3.8, 4) is 0 Å². The maximum atomic E-state index is 13.0. The molecule has 0 radical (unpaired) electrons. The Bertz CT molecular complexity index is 1030. The largest absolute Gasteiger partial charge is 0.381 e. The number of sulfone groups is 1. The molecular formula is C21H27NO5S2. The number of ether oxygens (including phenoxy) is 1. The van der Waals surface area contributed by atoms with Crippen LogP contribution in [-0.4, -0.2) is 36.6 Å². The molecule has 2 aromatic carbocycles. The van der Waals surface area contributed by atoms with E-state index in [1.807, 2.05) is 6.92 Å². The van der Waals surface area contributed by atoms with E-state index in [0.29, 0.717) is 31.7 Å². The molecule has 0 aromatic heterocycles. The zero-order valence-electron chi connectivity index (χ0n) is 16.5. The third-order valence-electron chi connectivity index (χ3n) is 5.11. The molecule has 0 aliphatic carbocycles. The Kier molecular flexibility index (Phi) is 7.10. The highest BCUT2D eigenvalue weighted by Gasteiger charge is 2.25. The maximum Gasteiger partial charge on any atom is 0.240 e. The first-order valence-electron chi connectivity index (χ1n) is 9.85. The van der Waals surface area contributed by atoms with E-state index in [0.717, 1.165) is 19.3 Å². The smallest absolute Gasteiger partial charge is 0.240 e. The van der Waals surface area contributed by atoms with Gasteiger partial charge in [-0.15, -0.1) is 0 Å². The van der Waals surface area contributed by atoms with Crippen molar-refractivity contribution in [3.63, 3.8) is 0 Å². The Morgan fingerprint density at radius 1 is 0.966 bits per heavy atom. The van der Waals surface area contributed by atoms with E-state index in [-0.39, 0.29) is 20.6 Å². The van der Waals surface area contributed by atoms with E-state index < -0.39 is 19.9 Å². The molecule has 1 saturated heterocycles. The lowest BCUT2D eigenvalue weighted by Gasteiger charge is -2.22. The molecule has 2 aromatic rings. The van der Waals surface area contributed by atoms with Gasteiger partial charge in [0, 0.05) is 19.8 Å². The van der Waals surface area contributed by atoms with Crippen molar-refractivity contribution < 1.29 is 21.6 Å². The number of sulfonamides is 1. The summed E-state index contributed by atoms with van der Waals surface area (Å²) in [5.74, 6) is 0.226. The summed E-state index contributed by atoms with van der Waals surface area (Å²) in [6.07, 6.45) is 2.94. The van der Waals surface area contributed by atoms with Gasteiger partial charge in [-0.3, -0.25) is 0 Å². The Balaban J connectivity index is 1.94.